The van der Waals surface area contributed by atoms with E-state index in [1.165, 1.54) is 5.56 Å². The van der Waals surface area contributed by atoms with E-state index >= 15 is 0 Å². The summed E-state index contributed by atoms with van der Waals surface area (Å²) in [5, 5.41) is 3.18. The van der Waals surface area contributed by atoms with Crippen molar-refractivity contribution in [2.45, 2.75) is 33.7 Å². The SMILES string of the molecule is CCNC(C(=O)OCC)c1cccc(C)c1C. The first-order chi connectivity index (χ1) is 8.11. The smallest absolute Gasteiger partial charge is 0.327 e. The lowest BCUT2D eigenvalue weighted by atomic mass is 9.97. The third-order valence-electron chi connectivity index (χ3n) is 2.89. The number of nitrogens with one attached hydrogen (secondary N) is 1. The zero-order valence-corrected chi connectivity index (χ0v) is 11.0. The Morgan fingerprint density at radius 2 is 2.06 bits per heavy atom. The van der Waals surface area contributed by atoms with Gasteiger partial charge in [-0.1, -0.05) is 25.1 Å². The van der Waals surface area contributed by atoms with Crippen LogP contribution in [0.1, 0.15) is 36.6 Å². The van der Waals surface area contributed by atoms with Gasteiger partial charge < -0.3 is 10.1 Å². The standard InChI is InChI=1S/C14H21NO2/c1-5-15-13(14(16)17-6-2)12-9-7-8-10(3)11(12)4/h7-9,13,15H,5-6H2,1-4H3. The van der Waals surface area contributed by atoms with E-state index in [1.807, 2.05) is 45.9 Å². The lowest BCUT2D eigenvalue weighted by Gasteiger charge is -2.19. The summed E-state index contributed by atoms with van der Waals surface area (Å²) in [5.41, 5.74) is 3.34. The predicted molar refractivity (Wildman–Crippen MR) is 69.0 cm³/mol. The number of likely N-dealkylation sites (N-methyl/N-ethyl adjacent to an activating group) is 1. The summed E-state index contributed by atoms with van der Waals surface area (Å²) >= 11 is 0. The molecule has 1 unspecified atom stereocenters. The Hall–Kier alpha value is -1.35. The molecule has 3 nitrogen and oxygen atoms in total. The molecule has 1 aromatic rings. The zero-order chi connectivity index (χ0) is 12.8. The van der Waals surface area contributed by atoms with Gasteiger partial charge in [-0.05, 0) is 44.0 Å². The molecule has 0 aromatic heterocycles. The van der Waals surface area contributed by atoms with Gasteiger partial charge in [0.25, 0.3) is 0 Å². The third-order valence-corrected chi connectivity index (χ3v) is 2.89. The number of hydrogen-bond acceptors (Lipinski definition) is 3. The fraction of sp³-hybridized carbons (Fsp3) is 0.500. The van der Waals surface area contributed by atoms with Gasteiger partial charge in [0.15, 0.2) is 0 Å². The molecule has 0 heterocycles. The Morgan fingerprint density at radius 1 is 1.35 bits per heavy atom. The highest BCUT2D eigenvalue weighted by atomic mass is 16.5. The number of esters is 1. The van der Waals surface area contributed by atoms with Gasteiger partial charge in [-0.3, -0.25) is 0 Å². The van der Waals surface area contributed by atoms with Gasteiger partial charge in [-0.15, -0.1) is 0 Å². The van der Waals surface area contributed by atoms with E-state index in [0.717, 1.165) is 17.7 Å². The summed E-state index contributed by atoms with van der Waals surface area (Å²) in [6, 6.07) is 5.64. The van der Waals surface area contributed by atoms with Gasteiger partial charge >= 0.3 is 5.97 Å². The Kier molecular flexibility index (Phi) is 5.16. The normalized spacial score (nSPS) is 12.2. The first kappa shape index (κ1) is 13.7. The highest BCUT2D eigenvalue weighted by Crippen LogP contribution is 2.21. The Bertz CT molecular complexity index is 388. The second-order valence-electron chi connectivity index (χ2n) is 4.03. The Labute approximate surface area is 103 Å². The van der Waals surface area contributed by atoms with E-state index < -0.39 is 0 Å². The van der Waals surface area contributed by atoms with Crippen molar-refractivity contribution in [1.82, 2.24) is 5.32 Å². The number of hydrogen-bond donors (Lipinski definition) is 1. The summed E-state index contributed by atoms with van der Waals surface area (Å²) in [4.78, 5) is 11.9. The molecule has 0 aliphatic heterocycles. The summed E-state index contributed by atoms with van der Waals surface area (Å²) < 4.78 is 5.10. The largest absolute Gasteiger partial charge is 0.465 e. The van der Waals surface area contributed by atoms with Gasteiger partial charge in [0.05, 0.1) is 6.61 Å². The van der Waals surface area contributed by atoms with E-state index in [4.69, 9.17) is 4.74 Å². The molecule has 0 saturated carbocycles. The van der Waals surface area contributed by atoms with Crippen molar-refractivity contribution in [3.05, 3.63) is 34.9 Å². The van der Waals surface area contributed by atoms with Crippen LogP contribution in [-0.4, -0.2) is 19.1 Å². The van der Waals surface area contributed by atoms with Crippen LogP contribution in [0.4, 0.5) is 0 Å². The number of aryl methyl sites for hydroxylation is 1. The molecule has 0 aliphatic carbocycles. The van der Waals surface area contributed by atoms with Crippen LogP contribution >= 0.6 is 0 Å². The monoisotopic (exact) mass is 235 g/mol. The second kappa shape index (κ2) is 6.40. The van der Waals surface area contributed by atoms with Gasteiger partial charge in [-0.2, -0.15) is 0 Å². The van der Waals surface area contributed by atoms with E-state index in [2.05, 4.69) is 5.32 Å². The van der Waals surface area contributed by atoms with Crippen LogP contribution in [0.15, 0.2) is 18.2 Å². The maximum absolute atomic E-state index is 11.9. The molecule has 0 spiro atoms. The van der Waals surface area contributed by atoms with Crippen molar-refractivity contribution in [3.8, 4) is 0 Å². The van der Waals surface area contributed by atoms with Crippen LogP contribution in [0.2, 0.25) is 0 Å². The van der Waals surface area contributed by atoms with Crippen LogP contribution in [0.25, 0.3) is 0 Å². The first-order valence-corrected chi connectivity index (χ1v) is 6.07. The van der Waals surface area contributed by atoms with Crippen LogP contribution in [-0.2, 0) is 9.53 Å². The van der Waals surface area contributed by atoms with Gasteiger partial charge in [0, 0.05) is 0 Å². The van der Waals surface area contributed by atoms with E-state index in [0.29, 0.717) is 6.61 Å². The molecular formula is C14H21NO2. The molecule has 0 saturated heterocycles. The molecule has 0 bridgehead atoms. The first-order valence-electron chi connectivity index (χ1n) is 6.07. The Balaban J connectivity index is 3.05. The fourth-order valence-electron chi connectivity index (χ4n) is 1.84. The quantitative estimate of drug-likeness (QED) is 0.797. The maximum atomic E-state index is 11.9. The molecule has 0 amide bonds. The van der Waals surface area contributed by atoms with Crippen LogP contribution < -0.4 is 5.32 Å². The molecule has 17 heavy (non-hydrogen) atoms. The summed E-state index contributed by atoms with van der Waals surface area (Å²) in [5.74, 6) is -0.206. The van der Waals surface area contributed by atoms with E-state index in [9.17, 15) is 4.79 Å². The molecule has 0 radical (unpaired) electrons. The minimum atomic E-state index is -0.361. The van der Waals surface area contributed by atoms with Crippen molar-refractivity contribution in [1.29, 1.82) is 0 Å². The zero-order valence-electron chi connectivity index (χ0n) is 11.0. The highest BCUT2D eigenvalue weighted by molar-refractivity contribution is 5.78. The molecule has 0 fully saturated rings. The number of carbonyl (C=O) groups is 1. The lowest BCUT2D eigenvalue weighted by Crippen LogP contribution is -2.30. The van der Waals surface area contributed by atoms with E-state index in [-0.39, 0.29) is 12.0 Å². The molecule has 94 valence electrons. The van der Waals surface area contributed by atoms with Gasteiger partial charge in [0.1, 0.15) is 6.04 Å². The molecule has 1 N–H and O–H groups in total. The number of carbonyl (C=O) groups excluding carboxylic acids is 1. The van der Waals surface area contributed by atoms with Crippen LogP contribution in [0, 0.1) is 13.8 Å². The fourth-order valence-corrected chi connectivity index (χ4v) is 1.84. The summed E-state index contributed by atoms with van der Waals surface area (Å²) in [7, 11) is 0. The summed E-state index contributed by atoms with van der Waals surface area (Å²) in [6.45, 7) is 9.03. The second-order valence-corrected chi connectivity index (χ2v) is 4.03. The minimum Gasteiger partial charge on any atom is -0.465 e. The molecular weight excluding hydrogens is 214 g/mol. The van der Waals surface area contributed by atoms with E-state index in [1.54, 1.807) is 0 Å². The van der Waals surface area contributed by atoms with Crippen molar-refractivity contribution in [2.24, 2.45) is 0 Å². The van der Waals surface area contributed by atoms with Gasteiger partial charge in [-0.25, -0.2) is 4.79 Å². The average molecular weight is 235 g/mol. The van der Waals surface area contributed by atoms with Crippen LogP contribution in [0.3, 0.4) is 0 Å². The van der Waals surface area contributed by atoms with Crippen molar-refractivity contribution in [3.63, 3.8) is 0 Å². The minimum absolute atomic E-state index is 0.206. The predicted octanol–water partition coefficient (Wildman–Crippen LogP) is 2.52. The number of benzene rings is 1. The average Bonchev–Trinajstić information content (AvgIpc) is 2.30. The third kappa shape index (κ3) is 3.30. The lowest BCUT2D eigenvalue weighted by molar-refractivity contribution is -0.145. The van der Waals surface area contributed by atoms with Crippen LogP contribution in [0.5, 0.6) is 0 Å². The Morgan fingerprint density at radius 3 is 2.65 bits per heavy atom. The molecule has 1 atom stereocenters. The van der Waals surface area contributed by atoms with Crippen molar-refractivity contribution in [2.75, 3.05) is 13.2 Å². The topological polar surface area (TPSA) is 38.3 Å². The summed E-state index contributed by atoms with van der Waals surface area (Å²) in [6.07, 6.45) is 0. The number of rotatable bonds is 5. The molecule has 1 rings (SSSR count). The maximum Gasteiger partial charge on any atom is 0.327 e. The van der Waals surface area contributed by atoms with Crippen molar-refractivity contribution >= 4 is 5.97 Å². The number of ether oxygens (including phenoxy) is 1. The van der Waals surface area contributed by atoms with Gasteiger partial charge in [0.2, 0.25) is 0 Å². The molecule has 0 aliphatic rings. The molecule has 1 aromatic carbocycles. The van der Waals surface area contributed by atoms with Crippen molar-refractivity contribution < 1.29 is 9.53 Å². The highest BCUT2D eigenvalue weighted by Gasteiger charge is 2.22. The molecule has 3 heteroatoms.